The summed E-state index contributed by atoms with van der Waals surface area (Å²) in [5.74, 6) is 5.91. The molecule has 17 heavy (non-hydrogen) atoms. The summed E-state index contributed by atoms with van der Waals surface area (Å²) in [7, 11) is 1.64. The number of hydrogen-bond donors (Lipinski definition) is 3. The standard InChI is InChI=1S/C11H17IN4O/c1-8-3-4-9(7-10(8)12)15-11(16-13)14-5-6-17-2/h3-4,7H,5-6,13H2,1-2H3,(H2,14,15,16). The van der Waals surface area contributed by atoms with Gasteiger partial charge in [-0.2, -0.15) is 0 Å². The van der Waals surface area contributed by atoms with Gasteiger partial charge in [-0.25, -0.2) is 10.8 Å². The quantitative estimate of drug-likeness (QED) is 0.193. The normalized spacial score (nSPS) is 11.4. The number of ether oxygens (including phenoxy) is 1. The first-order chi connectivity index (χ1) is 8.17. The Morgan fingerprint density at radius 1 is 1.53 bits per heavy atom. The van der Waals surface area contributed by atoms with Gasteiger partial charge in [0.25, 0.3) is 0 Å². The lowest BCUT2D eigenvalue weighted by Gasteiger charge is -2.10. The Bertz CT molecular complexity index is 395. The van der Waals surface area contributed by atoms with Crippen LogP contribution in [0.4, 0.5) is 5.69 Å². The van der Waals surface area contributed by atoms with Crippen LogP contribution in [-0.2, 0) is 4.74 Å². The number of guanidine groups is 1. The molecular formula is C11H17IN4O. The molecule has 1 rings (SSSR count). The maximum atomic E-state index is 5.38. The molecule has 0 bridgehead atoms. The Morgan fingerprint density at radius 3 is 2.88 bits per heavy atom. The number of benzene rings is 1. The zero-order chi connectivity index (χ0) is 12.7. The number of anilines is 1. The van der Waals surface area contributed by atoms with Gasteiger partial charge < -0.3 is 10.1 Å². The molecule has 4 N–H and O–H groups in total. The molecule has 0 aliphatic heterocycles. The second-order valence-electron chi connectivity index (χ2n) is 3.46. The first kappa shape index (κ1) is 14.2. The summed E-state index contributed by atoms with van der Waals surface area (Å²) in [6, 6.07) is 6.08. The van der Waals surface area contributed by atoms with Crippen LogP contribution in [0.2, 0.25) is 0 Å². The zero-order valence-corrected chi connectivity index (χ0v) is 12.1. The van der Waals surface area contributed by atoms with Crippen LogP contribution in [-0.4, -0.2) is 26.2 Å². The Kier molecular flexibility index (Phi) is 6.23. The third kappa shape index (κ3) is 4.88. The van der Waals surface area contributed by atoms with Crippen LogP contribution in [0, 0.1) is 10.5 Å². The van der Waals surface area contributed by atoms with Crippen LogP contribution in [0.25, 0.3) is 0 Å². The van der Waals surface area contributed by atoms with E-state index < -0.39 is 0 Å². The number of nitrogens with two attached hydrogens (primary N) is 1. The van der Waals surface area contributed by atoms with Crippen molar-refractivity contribution in [1.82, 2.24) is 5.43 Å². The van der Waals surface area contributed by atoms with Crippen molar-refractivity contribution in [2.75, 3.05) is 25.6 Å². The summed E-state index contributed by atoms with van der Waals surface area (Å²) < 4.78 is 6.11. The van der Waals surface area contributed by atoms with Crippen LogP contribution in [0.1, 0.15) is 5.56 Å². The predicted molar refractivity (Wildman–Crippen MR) is 79.0 cm³/mol. The van der Waals surface area contributed by atoms with Crippen molar-refractivity contribution < 1.29 is 4.74 Å². The highest BCUT2D eigenvalue weighted by molar-refractivity contribution is 14.1. The lowest BCUT2D eigenvalue weighted by atomic mass is 10.2. The van der Waals surface area contributed by atoms with E-state index in [2.05, 4.69) is 45.2 Å². The minimum Gasteiger partial charge on any atom is -0.383 e. The molecule has 0 saturated carbocycles. The number of rotatable bonds is 4. The second kappa shape index (κ2) is 7.46. The monoisotopic (exact) mass is 348 g/mol. The molecule has 1 aromatic rings. The average Bonchev–Trinajstić information content (AvgIpc) is 2.32. The summed E-state index contributed by atoms with van der Waals surface area (Å²) >= 11 is 2.29. The highest BCUT2D eigenvalue weighted by Gasteiger charge is 2.00. The third-order valence-electron chi connectivity index (χ3n) is 2.14. The lowest BCUT2D eigenvalue weighted by Crippen LogP contribution is -2.36. The van der Waals surface area contributed by atoms with E-state index in [-0.39, 0.29) is 0 Å². The molecule has 0 atom stereocenters. The topological polar surface area (TPSA) is 71.7 Å². The molecule has 0 fully saturated rings. The Hall–Kier alpha value is -0.860. The third-order valence-corrected chi connectivity index (χ3v) is 3.30. The van der Waals surface area contributed by atoms with Crippen molar-refractivity contribution in [1.29, 1.82) is 0 Å². The highest BCUT2D eigenvalue weighted by Crippen LogP contribution is 2.16. The van der Waals surface area contributed by atoms with Gasteiger partial charge in [0.2, 0.25) is 5.96 Å². The minimum absolute atomic E-state index is 0.529. The van der Waals surface area contributed by atoms with E-state index in [1.165, 1.54) is 9.13 Å². The zero-order valence-electron chi connectivity index (χ0n) is 9.96. The predicted octanol–water partition coefficient (Wildman–Crippen LogP) is 1.48. The Labute approximate surface area is 115 Å². The lowest BCUT2D eigenvalue weighted by molar-refractivity contribution is 0.208. The van der Waals surface area contributed by atoms with Crippen molar-refractivity contribution in [3.05, 3.63) is 27.3 Å². The molecule has 0 aromatic heterocycles. The number of methoxy groups -OCH3 is 1. The van der Waals surface area contributed by atoms with Crippen LogP contribution in [0.3, 0.4) is 0 Å². The highest BCUT2D eigenvalue weighted by atomic mass is 127. The molecule has 0 aliphatic carbocycles. The second-order valence-corrected chi connectivity index (χ2v) is 4.62. The van der Waals surface area contributed by atoms with E-state index in [1.807, 2.05) is 18.2 Å². The van der Waals surface area contributed by atoms with Gasteiger partial charge in [0.05, 0.1) is 13.2 Å². The summed E-state index contributed by atoms with van der Waals surface area (Å²) in [4.78, 5) is 4.22. The maximum Gasteiger partial charge on any atom is 0.210 e. The van der Waals surface area contributed by atoms with Gasteiger partial charge in [0, 0.05) is 16.4 Å². The molecular weight excluding hydrogens is 331 g/mol. The molecule has 0 amide bonds. The number of nitrogens with one attached hydrogen (secondary N) is 2. The van der Waals surface area contributed by atoms with Crippen LogP contribution >= 0.6 is 22.6 Å². The smallest absolute Gasteiger partial charge is 0.210 e. The summed E-state index contributed by atoms with van der Waals surface area (Å²) in [5.41, 5.74) is 4.72. The van der Waals surface area contributed by atoms with Crippen molar-refractivity contribution in [3.8, 4) is 0 Å². The fourth-order valence-electron chi connectivity index (χ4n) is 1.18. The summed E-state index contributed by atoms with van der Waals surface area (Å²) in [6.45, 7) is 3.20. The number of halogens is 1. The molecule has 5 nitrogen and oxygen atoms in total. The van der Waals surface area contributed by atoms with Gasteiger partial charge in [0.15, 0.2) is 0 Å². The van der Waals surface area contributed by atoms with Gasteiger partial charge in [-0.05, 0) is 47.2 Å². The molecule has 94 valence electrons. The van der Waals surface area contributed by atoms with E-state index in [9.17, 15) is 0 Å². The van der Waals surface area contributed by atoms with E-state index in [1.54, 1.807) is 7.11 Å². The number of aliphatic imine (C=N–C) groups is 1. The SMILES string of the molecule is COCCN=C(NN)Nc1ccc(C)c(I)c1. The van der Waals surface area contributed by atoms with Crippen LogP contribution in [0.15, 0.2) is 23.2 Å². The largest absolute Gasteiger partial charge is 0.383 e. The molecule has 6 heteroatoms. The Balaban J connectivity index is 2.67. The number of aryl methyl sites for hydroxylation is 1. The van der Waals surface area contributed by atoms with Gasteiger partial charge in [0.1, 0.15) is 0 Å². The van der Waals surface area contributed by atoms with Gasteiger partial charge in [-0.15, -0.1) is 0 Å². The van der Waals surface area contributed by atoms with Gasteiger partial charge >= 0.3 is 0 Å². The number of hydrogen-bond acceptors (Lipinski definition) is 3. The minimum atomic E-state index is 0.529. The summed E-state index contributed by atoms with van der Waals surface area (Å²) in [6.07, 6.45) is 0. The van der Waals surface area contributed by atoms with E-state index in [4.69, 9.17) is 10.6 Å². The molecule has 0 radical (unpaired) electrons. The first-order valence-corrected chi connectivity index (χ1v) is 6.28. The van der Waals surface area contributed by atoms with E-state index >= 15 is 0 Å². The molecule has 0 heterocycles. The fourth-order valence-corrected chi connectivity index (χ4v) is 1.69. The van der Waals surface area contributed by atoms with Crippen molar-refractivity contribution >= 4 is 34.2 Å². The van der Waals surface area contributed by atoms with Crippen LogP contribution < -0.4 is 16.6 Å². The van der Waals surface area contributed by atoms with Crippen molar-refractivity contribution in [3.63, 3.8) is 0 Å². The Morgan fingerprint density at radius 2 is 2.29 bits per heavy atom. The average molecular weight is 348 g/mol. The number of nitrogens with zero attached hydrogens (tertiary/aromatic N) is 1. The first-order valence-electron chi connectivity index (χ1n) is 5.20. The molecule has 0 saturated heterocycles. The van der Waals surface area contributed by atoms with E-state index in [0.29, 0.717) is 19.1 Å². The maximum absolute atomic E-state index is 5.38. The van der Waals surface area contributed by atoms with E-state index in [0.717, 1.165) is 5.69 Å². The molecule has 0 aliphatic rings. The van der Waals surface area contributed by atoms with Crippen molar-refractivity contribution in [2.45, 2.75) is 6.92 Å². The molecule has 0 unspecified atom stereocenters. The molecule has 1 aromatic carbocycles. The molecule has 0 spiro atoms. The summed E-state index contributed by atoms with van der Waals surface area (Å²) in [5, 5.41) is 3.11. The van der Waals surface area contributed by atoms with Crippen molar-refractivity contribution in [2.24, 2.45) is 10.8 Å². The van der Waals surface area contributed by atoms with Gasteiger partial charge in [-0.1, -0.05) is 6.07 Å². The van der Waals surface area contributed by atoms with Gasteiger partial charge in [-0.3, -0.25) is 5.43 Å². The fraction of sp³-hybridized carbons (Fsp3) is 0.364. The van der Waals surface area contributed by atoms with Crippen LogP contribution in [0.5, 0.6) is 0 Å². The number of hydrazine groups is 1.